The van der Waals surface area contributed by atoms with Gasteiger partial charge in [0.25, 0.3) is 0 Å². The molecule has 1 aromatic rings. The molecule has 1 aliphatic carbocycles. The average Bonchev–Trinajstić information content (AvgIpc) is 2.45. The summed E-state index contributed by atoms with van der Waals surface area (Å²) in [7, 11) is 3.53. The van der Waals surface area contributed by atoms with Crippen molar-refractivity contribution in [3.8, 4) is 5.75 Å². The van der Waals surface area contributed by atoms with Gasteiger partial charge >= 0.3 is 0 Å². The second kappa shape index (κ2) is 6.76. The highest BCUT2D eigenvalue weighted by molar-refractivity contribution is 5.33. The molecule has 0 aliphatic heterocycles. The monoisotopic (exact) mass is 249 g/mol. The minimum Gasteiger partial charge on any atom is -0.496 e. The van der Waals surface area contributed by atoms with Crippen LogP contribution in [-0.4, -0.2) is 26.4 Å². The molecule has 0 bridgehead atoms. The van der Waals surface area contributed by atoms with Crippen LogP contribution in [0, 0.1) is 0 Å². The molecule has 3 heteroatoms. The fourth-order valence-corrected chi connectivity index (χ4v) is 2.70. The van der Waals surface area contributed by atoms with E-state index in [1.54, 1.807) is 7.11 Å². The van der Waals surface area contributed by atoms with Crippen LogP contribution in [0.4, 0.5) is 0 Å². The lowest BCUT2D eigenvalue weighted by atomic mass is 9.92. The molecule has 1 saturated carbocycles. The Morgan fingerprint density at radius 1 is 1.17 bits per heavy atom. The van der Waals surface area contributed by atoms with Crippen molar-refractivity contribution in [2.24, 2.45) is 0 Å². The molecule has 1 N–H and O–H groups in total. The predicted octanol–water partition coefficient (Wildman–Crippen LogP) is 2.74. The van der Waals surface area contributed by atoms with E-state index in [0.717, 1.165) is 12.3 Å². The third-order valence-electron chi connectivity index (χ3n) is 3.75. The van der Waals surface area contributed by atoms with E-state index < -0.39 is 0 Å². The van der Waals surface area contributed by atoms with E-state index in [9.17, 15) is 0 Å². The van der Waals surface area contributed by atoms with Crippen LogP contribution in [0.3, 0.4) is 0 Å². The van der Waals surface area contributed by atoms with E-state index >= 15 is 0 Å². The van der Waals surface area contributed by atoms with Crippen LogP contribution in [0.25, 0.3) is 0 Å². The van der Waals surface area contributed by atoms with Gasteiger partial charge in [0.05, 0.1) is 13.2 Å². The van der Waals surface area contributed by atoms with Crippen molar-refractivity contribution in [2.45, 2.75) is 44.4 Å². The third-order valence-corrected chi connectivity index (χ3v) is 3.75. The van der Waals surface area contributed by atoms with Gasteiger partial charge in [-0.1, -0.05) is 31.0 Å². The van der Waals surface area contributed by atoms with Crippen molar-refractivity contribution < 1.29 is 9.47 Å². The lowest BCUT2D eigenvalue weighted by molar-refractivity contribution is 0.0412. The summed E-state index contributed by atoms with van der Waals surface area (Å²) in [5.41, 5.74) is 1.21. The fourth-order valence-electron chi connectivity index (χ4n) is 2.70. The lowest BCUT2D eigenvalue weighted by Crippen LogP contribution is -2.42. The first-order valence-corrected chi connectivity index (χ1v) is 6.73. The van der Waals surface area contributed by atoms with Crippen molar-refractivity contribution >= 4 is 0 Å². The maximum absolute atomic E-state index is 5.55. The molecule has 0 spiro atoms. The van der Waals surface area contributed by atoms with Gasteiger partial charge in [-0.25, -0.2) is 0 Å². The SMILES string of the molecule is COc1ccccc1CNC1CCCCC1OC. The summed E-state index contributed by atoms with van der Waals surface area (Å²) in [6, 6.07) is 8.63. The predicted molar refractivity (Wildman–Crippen MR) is 72.9 cm³/mol. The van der Waals surface area contributed by atoms with Crippen LogP contribution in [0.5, 0.6) is 5.75 Å². The minimum absolute atomic E-state index is 0.355. The molecule has 1 fully saturated rings. The quantitative estimate of drug-likeness (QED) is 0.870. The fraction of sp³-hybridized carbons (Fsp3) is 0.600. The second-order valence-corrected chi connectivity index (χ2v) is 4.86. The van der Waals surface area contributed by atoms with Gasteiger partial charge in [-0.2, -0.15) is 0 Å². The summed E-state index contributed by atoms with van der Waals surface area (Å²) in [6.45, 7) is 0.842. The molecule has 2 unspecified atom stereocenters. The van der Waals surface area contributed by atoms with Crippen LogP contribution < -0.4 is 10.1 Å². The number of methoxy groups -OCH3 is 2. The Kier molecular flexibility index (Phi) is 5.02. The highest BCUT2D eigenvalue weighted by atomic mass is 16.5. The highest BCUT2D eigenvalue weighted by Gasteiger charge is 2.24. The van der Waals surface area contributed by atoms with Crippen LogP contribution in [-0.2, 0) is 11.3 Å². The molecule has 0 radical (unpaired) electrons. The second-order valence-electron chi connectivity index (χ2n) is 4.86. The van der Waals surface area contributed by atoms with Gasteiger partial charge in [0.2, 0.25) is 0 Å². The molecule has 0 saturated heterocycles. The van der Waals surface area contributed by atoms with Crippen LogP contribution in [0.1, 0.15) is 31.2 Å². The zero-order valence-corrected chi connectivity index (χ0v) is 11.3. The van der Waals surface area contributed by atoms with Gasteiger partial charge in [0.15, 0.2) is 0 Å². The van der Waals surface area contributed by atoms with E-state index in [-0.39, 0.29) is 0 Å². The van der Waals surface area contributed by atoms with Gasteiger partial charge in [-0.05, 0) is 18.9 Å². The first-order chi connectivity index (χ1) is 8.85. The minimum atomic E-state index is 0.355. The number of hydrogen-bond acceptors (Lipinski definition) is 3. The van der Waals surface area contributed by atoms with Gasteiger partial charge in [0.1, 0.15) is 5.75 Å². The summed E-state index contributed by atoms with van der Waals surface area (Å²) < 4.78 is 10.9. The molecule has 0 amide bonds. The Balaban J connectivity index is 1.93. The Hall–Kier alpha value is -1.06. The van der Waals surface area contributed by atoms with Crippen molar-refractivity contribution in [3.05, 3.63) is 29.8 Å². The first-order valence-electron chi connectivity index (χ1n) is 6.73. The summed E-state index contributed by atoms with van der Waals surface area (Å²) in [4.78, 5) is 0. The lowest BCUT2D eigenvalue weighted by Gasteiger charge is -2.31. The molecule has 100 valence electrons. The molecular formula is C15H23NO2. The molecule has 0 heterocycles. The topological polar surface area (TPSA) is 30.5 Å². The van der Waals surface area contributed by atoms with Gasteiger partial charge in [-0.15, -0.1) is 0 Å². The summed E-state index contributed by atoms with van der Waals surface area (Å²) in [6.07, 6.45) is 5.30. The Labute approximate surface area is 109 Å². The molecule has 18 heavy (non-hydrogen) atoms. The van der Waals surface area contributed by atoms with E-state index in [4.69, 9.17) is 9.47 Å². The Bertz CT molecular complexity index is 367. The normalized spacial score (nSPS) is 23.9. The van der Waals surface area contributed by atoms with E-state index in [0.29, 0.717) is 12.1 Å². The summed E-state index contributed by atoms with van der Waals surface area (Å²) >= 11 is 0. The van der Waals surface area contributed by atoms with E-state index in [1.165, 1.54) is 31.2 Å². The van der Waals surface area contributed by atoms with E-state index in [2.05, 4.69) is 11.4 Å². The number of rotatable bonds is 5. The number of para-hydroxylation sites is 1. The Morgan fingerprint density at radius 3 is 2.72 bits per heavy atom. The molecule has 1 aromatic carbocycles. The van der Waals surface area contributed by atoms with Crippen molar-refractivity contribution in [2.75, 3.05) is 14.2 Å². The smallest absolute Gasteiger partial charge is 0.123 e. The summed E-state index contributed by atoms with van der Waals surface area (Å²) in [5.74, 6) is 0.953. The summed E-state index contributed by atoms with van der Waals surface area (Å²) in [5, 5.41) is 3.61. The number of ether oxygens (including phenoxy) is 2. The maximum Gasteiger partial charge on any atom is 0.123 e. The maximum atomic E-state index is 5.55. The van der Waals surface area contributed by atoms with Gasteiger partial charge in [-0.3, -0.25) is 0 Å². The molecule has 0 aromatic heterocycles. The first kappa shape index (κ1) is 13.4. The number of hydrogen-bond donors (Lipinski definition) is 1. The van der Waals surface area contributed by atoms with E-state index in [1.807, 2.05) is 25.3 Å². The van der Waals surface area contributed by atoms with Crippen LogP contribution in [0.15, 0.2) is 24.3 Å². The van der Waals surface area contributed by atoms with Crippen LogP contribution >= 0.6 is 0 Å². The van der Waals surface area contributed by atoms with Crippen molar-refractivity contribution in [1.82, 2.24) is 5.32 Å². The molecule has 3 nitrogen and oxygen atoms in total. The molecule has 2 atom stereocenters. The zero-order chi connectivity index (χ0) is 12.8. The van der Waals surface area contributed by atoms with Crippen LogP contribution in [0.2, 0.25) is 0 Å². The zero-order valence-electron chi connectivity index (χ0n) is 11.3. The number of nitrogens with one attached hydrogen (secondary N) is 1. The Morgan fingerprint density at radius 2 is 1.94 bits per heavy atom. The third kappa shape index (κ3) is 3.24. The van der Waals surface area contributed by atoms with Gasteiger partial charge in [0, 0.05) is 25.3 Å². The standard InChI is InChI=1S/C15H23NO2/c1-17-14-9-5-3-7-12(14)11-16-13-8-4-6-10-15(13)18-2/h3,5,7,9,13,15-16H,4,6,8,10-11H2,1-2H3. The number of benzene rings is 1. The molecule has 1 aliphatic rings. The largest absolute Gasteiger partial charge is 0.496 e. The molecular weight excluding hydrogens is 226 g/mol. The van der Waals surface area contributed by atoms with Crippen molar-refractivity contribution in [1.29, 1.82) is 0 Å². The van der Waals surface area contributed by atoms with Gasteiger partial charge < -0.3 is 14.8 Å². The average molecular weight is 249 g/mol. The molecule has 2 rings (SSSR count). The van der Waals surface area contributed by atoms with Crippen molar-refractivity contribution in [3.63, 3.8) is 0 Å². The highest BCUT2D eigenvalue weighted by Crippen LogP contribution is 2.22.